The van der Waals surface area contributed by atoms with Gasteiger partial charge in [0.2, 0.25) is 0 Å². The summed E-state index contributed by atoms with van der Waals surface area (Å²) in [4.78, 5) is 26.6. The first kappa shape index (κ1) is 25.1. The number of ether oxygens (including phenoxy) is 3. The summed E-state index contributed by atoms with van der Waals surface area (Å²) in [6.45, 7) is 17.6. The van der Waals surface area contributed by atoms with Gasteiger partial charge in [0.25, 0.3) is 5.56 Å². The summed E-state index contributed by atoms with van der Waals surface area (Å²) in [5, 5.41) is 0. The first-order valence-electron chi connectivity index (χ1n) is 11.0. The summed E-state index contributed by atoms with van der Waals surface area (Å²) in [5.74, 6) is -0.796. The van der Waals surface area contributed by atoms with Crippen molar-refractivity contribution in [2.75, 3.05) is 6.61 Å². The van der Waals surface area contributed by atoms with Gasteiger partial charge in [0.1, 0.15) is 18.3 Å². The highest BCUT2D eigenvalue weighted by molar-refractivity contribution is 14.1. The van der Waals surface area contributed by atoms with E-state index < -0.39 is 37.7 Å². The Kier molecular flexibility index (Phi) is 7.30. The van der Waals surface area contributed by atoms with Crippen molar-refractivity contribution in [2.24, 2.45) is 0 Å². The molecule has 0 spiro atoms. The average Bonchev–Trinajstić information content (AvgIpc) is 3.08. The third-order valence-corrected chi connectivity index (χ3v) is 13.4. The first-order valence-corrected chi connectivity index (χ1v) is 14.2. The van der Waals surface area contributed by atoms with Crippen LogP contribution in [0.5, 0.6) is 0 Å². The van der Waals surface area contributed by atoms with Crippen molar-refractivity contribution in [3.8, 4) is 0 Å². The normalized spacial score (nSPS) is 28.1. The summed E-state index contributed by atoms with van der Waals surface area (Å²) in [5.41, 5.74) is 0.373. The third-order valence-electron chi connectivity index (χ3n) is 6.51. The van der Waals surface area contributed by atoms with Crippen LogP contribution in [-0.2, 0) is 18.6 Å². The molecule has 1 aromatic rings. The molecule has 0 aliphatic carbocycles. The predicted molar refractivity (Wildman–Crippen MR) is 129 cm³/mol. The zero-order valence-corrected chi connectivity index (χ0v) is 22.8. The lowest BCUT2D eigenvalue weighted by molar-refractivity contribution is -0.200. The van der Waals surface area contributed by atoms with Gasteiger partial charge >= 0.3 is 5.69 Å². The molecular weight excluding hydrogens is 531 g/mol. The molecule has 3 heterocycles. The molecule has 0 bridgehead atoms. The summed E-state index contributed by atoms with van der Waals surface area (Å²) in [6, 6.07) is 1.37. The van der Waals surface area contributed by atoms with E-state index in [0.29, 0.717) is 26.9 Å². The number of nitrogens with one attached hydrogen (secondary N) is 1. The highest BCUT2D eigenvalue weighted by atomic mass is 127. The summed E-state index contributed by atoms with van der Waals surface area (Å²) >= 11 is 1.97. The minimum absolute atomic E-state index is 0.368. The van der Waals surface area contributed by atoms with E-state index in [1.807, 2.05) is 36.4 Å². The Labute approximate surface area is 198 Å². The maximum atomic E-state index is 12.6. The first-order chi connectivity index (χ1) is 14.3. The maximum absolute atomic E-state index is 12.6. The Hall–Kier alpha value is -0.533. The monoisotopic (exact) mass is 566 g/mol. The van der Waals surface area contributed by atoms with Crippen LogP contribution in [0, 0.1) is 3.70 Å². The van der Waals surface area contributed by atoms with Crippen molar-refractivity contribution in [1.29, 1.82) is 0 Å². The standard InChI is InChI=1S/C21H35IN2O6Si/c1-11(2)31(12(3)4,13(5)6)27-10-14-17-18(30-21(7,8)29-17)19(28-14)24-15(22)9-16(25)23-20(24)26/h9,11-14,17-19H,10H2,1-8H3,(H,23,25,26)/t14-,17-,18-,19-/m1/s1. The van der Waals surface area contributed by atoms with Crippen LogP contribution in [0.15, 0.2) is 15.7 Å². The molecule has 2 aliphatic rings. The molecule has 176 valence electrons. The fraction of sp³-hybridized carbons (Fsp3) is 0.810. The van der Waals surface area contributed by atoms with Crippen molar-refractivity contribution < 1.29 is 18.6 Å². The van der Waals surface area contributed by atoms with E-state index in [0.717, 1.165) is 0 Å². The quantitative estimate of drug-likeness (QED) is 0.307. The number of fused-ring (bicyclic) bond motifs is 1. The van der Waals surface area contributed by atoms with Crippen molar-refractivity contribution in [3.63, 3.8) is 0 Å². The van der Waals surface area contributed by atoms with Crippen LogP contribution in [0.3, 0.4) is 0 Å². The number of H-pyrrole nitrogens is 1. The molecule has 8 nitrogen and oxygen atoms in total. The van der Waals surface area contributed by atoms with Crippen LogP contribution in [0.4, 0.5) is 0 Å². The van der Waals surface area contributed by atoms with Crippen LogP contribution in [-0.4, -0.2) is 48.6 Å². The van der Waals surface area contributed by atoms with Gasteiger partial charge in [-0.25, -0.2) is 4.79 Å². The molecule has 1 aromatic heterocycles. The van der Waals surface area contributed by atoms with Gasteiger partial charge in [-0.15, -0.1) is 0 Å². The van der Waals surface area contributed by atoms with Crippen molar-refractivity contribution >= 4 is 30.9 Å². The van der Waals surface area contributed by atoms with E-state index in [-0.39, 0.29) is 12.2 Å². The van der Waals surface area contributed by atoms with E-state index in [1.165, 1.54) is 10.6 Å². The smallest absolute Gasteiger partial charge is 0.331 e. The highest BCUT2D eigenvalue weighted by Gasteiger charge is 2.57. The zero-order chi connectivity index (χ0) is 23.3. The number of rotatable bonds is 7. The molecule has 1 N–H and O–H groups in total. The van der Waals surface area contributed by atoms with Crippen LogP contribution in [0.25, 0.3) is 0 Å². The van der Waals surface area contributed by atoms with E-state index in [2.05, 4.69) is 46.5 Å². The number of halogens is 1. The topological polar surface area (TPSA) is 91.8 Å². The molecular formula is C21H35IN2O6Si. The van der Waals surface area contributed by atoms with Gasteiger partial charge in [-0.3, -0.25) is 14.3 Å². The zero-order valence-electron chi connectivity index (χ0n) is 19.6. The van der Waals surface area contributed by atoms with Gasteiger partial charge in [0.05, 0.1) is 10.3 Å². The molecule has 2 fully saturated rings. The Morgan fingerprint density at radius 2 is 1.65 bits per heavy atom. The molecule has 3 rings (SSSR count). The molecule has 0 aromatic carbocycles. The Morgan fingerprint density at radius 3 is 2.16 bits per heavy atom. The summed E-state index contributed by atoms with van der Waals surface area (Å²) in [7, 11) is -2.10. The molecule has 31 heavy (non-hydrogen) atoms. The molecule has 0 unspecified atom stereocenters. The number of hydrogen-bond acceptors (Lipinski definition) is 6. The average molecular weight is 567 g/mol. The summed E-state index contributed by atoms with van der Waals surface area (Å²) in [6.07, 6.45) is -1.93. The number of hydrogen-bond donors (Lipinski definition) is 1. The predicted octanol–water partition coefficient (Wildman–Crippen LogP) is 3.75. The molecule has 2 aliphatic heterocycles. The minimum Gasteiger partial charge on any atom is -0.413 e. The lowest BCUT2D eigenvalue weighted by atomic mass is 10.1. The molecule has 0 amide bonds. The summed E-state index contributed by atoms with van der Waals surface area (Å²) < 4.78 is 27.3. The van der Waals surface area contributed by atoms with Crippen LogP contribution in [0.2, 0.25) is 16.6 Å². The second-order valence-corrected chi connectivity index (χ2v) is 16.5. The lowest BCUT2D eigenvalue weighted by Gasteiger charge is -2.43. The van der Waals surface area contributed by atoms with E-state index in [9.17, 15) is 9.59 Å². The minimum atomic E-state index is -2.10. The Morgan fingerprint density at radius 1 is 1.10 bits per heavy atom. The molecule has 10 heteroatoms. The number of aromatic nitrogens is 2. The molecule has 0 radical (unpaired) electrons. The van der Waals surface area contributed by atoms with E-state index in [4.69, 9.17) is 18.6 Å². The lowest BCUT2D eigenvalue weighted by Crippen LogP contribution is -2.50. The van der Waals surface area contributed by atoms with Crippen molar-refractivity contribution in [1.82, 2.24) is 9.55 Å². The molecule has 2 saturated heterocycles. The van der Waals surface area contributed by atoms with Gasteiger partial charge in [-0.2, -0.15) is 0 Å². The molecule has 0 saturated carbocycles. The highest BCUT2D eigenvalue weighted by Crippen LogP contribution is 2.46. The van der Waals surface area contributed by atoms with Crippen LogP contribution >= 0.6 is 22.6 Å². The van der Waals surface area contributed by atoms with Gasteiger partial charge in [0, 0.05) is 6.07 Å². The van der Waals surface area contributed by atoms with E-state index in [1.54, 1.807) is 0 Å². The van der Waals surface area contributed by atoms with E-state index >= 15 is 0 Å². The van der Waals surface area contributed by atoms with Gasteiger partial charge in [0.15, 0.2) is 20.3 Å². The number of aromatic amines is 1. The second-order valence-electron chi connectivity index (χ2n) is 9.89. The maximum Gasteiger partial charge on any atom is 0.331 e. The Bertz CT molecular complexity index is 890. The second kappa shape index (κ2) is 9.01. The fourth-order valence-electron chi connectivity index (χ4n) is 5.44. The largest absolute Gasteiger partial charge is 0.413 e. The number of nitrogens with zero attached hydrogens (tertiary/aromatic N) is 1. The molecule has 4 atom stereocenters. The van der Waals surface area contributed by atoms with Crippen molar-refractivity contribution in [3.05, 3.63) is 30.6 Å². The SMILES string of the molecule is CC(C)[Si](OC[C@H]1O[C@@H](n2c(I)cc(=O)[nH]c2=O)[C@@H]2OC(C)(C)O[C@@H]21)(C(C)C)C(C)C. The van der Waals surface area contributed by atoms with Gasteiger partial charge in [-0.1, -0.05) is 41.5 Å². The van der Waals surface area contributed by atoms with Gasteiger partial charge < -0.3 is 18.6 Å². The van der Waals surface area contributed by atoms with Crippen LogP contribution < -0.4 is 11.2 Å². The van der Waals surface area contributed by atoms with Crippen LogP contribution in [0.1, 0.15) is 61.6 Å². The Balaban J connectivity index is 1.92. The fourth-order valence-corrected chi connectivity index (χ4v) is 11.7. The van der Waals surface area contributed by atoms with Crippen molar-refractivity contribution in [2.45, 2.75) is 102 Å². The third kappa shape index (κ3) is 4.61. The van der Waals surface area contributed by atoms with Gasteiger partial charge in [-0.05, 0) is 53.1 Å².